The zero-order chi connectivity index (χ0) is 19.4. The van der Waals surface area contributed by atoms with Gasteiger partial charge in [0.25, 0.3) is 0 Å². The molecule has 0 unspecified atom stereocenters. The molecular formula is C23H34N2O2. The van der Waals surface area contributed by atoms with Gasteiger partial charge in [-0.05, 0) is 42.7 Å². The number of hydrogen-bond donors (Lipinski definition) is 1. The van der Waals surface area contributed by atoms with Crippen LogP contribution < -0.4 is 5.32 Å². The highest BCUT2D eigenvalue weighted by Gasteiger charge is 2.31. The zero-order valence-corrected chi connectivity index (χ0v) is 17.1. The summed E-state index contributed by atoms with van der Waals surface area (Å²) >= 11 is 0. The van der Waals surface area contributed by atoms with Crippen molar-refractivity contribution in [1.82, 2.24) is 4.90 Å². The molecule has 2 fully saturated rings. The minimum absolute atomic E-state index is 0.00608. The number of likely N-dealkylation sites (tertiary alicyclic amines) is 1. The highest BCUT2D eigenvalue weighted by molar-refractivity contribution is 5.93. The van der Waals surface area contributed by atoms with E-state index in [-0.39, 0.29) is 23.2 Å². The predicted molar refractivity (Wildman–Crippen MR) is 110 cm³/mol. The molecule has 4 heteroatoms. The maximum Gasteiger partial charge on any atom is 0.227 e. The van der Waals surface area contributed by atoms with Crippen LogP contribution in [0, 0.1) is 11.8 Å². The van der Waals surface area contributed by atoms with E-state index >= 15 is 0 Å². The van der Waals surface area contributed by atoms with Crippen LogP contribution in [0.1, 0.15) is 71.3 Å². The lowest BCUT2D eigenvalue weighted by Gasteiger charge is -2.35. The van der Waals surface area contributed by atoms with E-state index in [2.05, 4.69) is 32.2 Å². The lowest BCUT2D eigenvalue weighted by atomic mass is 9.85. The zero-order valence-electron chi connectivity index (χ0n) is 17.1. The molecule has 27 heavy (non-hydrogen) atoms. The number of rotatable bonds is 3. The van der Waals surface area contributed by atoms with Crippen molar-refractivity contribution in [2.45, 2.75) is 71.1 Å². The van der Waals surface area contributed by atoms with E-state index in [0.717, 1.165) is 36.9 Å². The minimum Gasteiger partial charge on any atom is -0.342 e. The first-order valence-electron chi connectivity index (χ1n) is 10.6. The molecule has 1 aromatic rings. The van der Waals surface area contributed by atoms with Crippen LogP contribution in [0.4, 0.5) is 5.69 Å². The van der Waals surface area contributed by atoms with Crippen LogP contribution in [0.25, 0.3) is 0 Å². The summed E-state index contributed by atoms with van der Waals surface area (Å²) in [4.78, 5) is 27.5. The fourth-order valence-corrected chi connectivity index (χ4v) is 4.45. The van der Waals surface area contributed by atoms with Gasteiger partial charge < -0.3 is 10.2 Å². The lowest BCUT2D eigenvalue weighted by molar-refractivity contribution is -0.139. The number of nitrogens with one attached hydrogen (secondary N) is 1. The summed E-state index contributed by atoms with van der Waals surface area (Å²) in [5, 5.41) is 3.15. The van der Waals surface area contributed by atoms with Crippen LogP contribution in [-0.4, -0.2) is 29.8 Å². The molecule has 1 saturated carbocycles. The molecule has 4 nitrogen and oxygen atoms in total. The monoisotopic (exact) mass is 370 g/mol. The Labute approximate surface area is 163 Å². The molecule has 1 aliphatic heterocycles. The normalized spacial score (nSPS) is 19.7. The first-order chi connectivity index (χ1) is 12.9. The number of piperidine rings is 1. The van der Waals surface area contributed by atoms with Crippen molar-refractivity contribution in [2.75, 3.05) is 18.4 Å². The van der Waals surface area contributed by atoms with Gasteiger partial charge in [-0.15, -0.1) is 0 Å². The molecule has 0 atom stereocenters. The van der Waals surface area contributed by atoms with Crippen LogP contribution in [-0.2, 0) is 15.0 Å². The minimum atomic E-state index is -0.0142. The Balaban J connectivity index is 1.55. The molecule has 148 valence electrons. The summed E-state index contributed by atoms with van der Waals surface area (Å²) in [5.41, 5.74) is 2.05. The molecule has 0 radical (unpaired) electrons. The van der Waals surface area contributed by atoms with E-state index in [1.807, 2.05) is 23.1 Å². The lowest BCUT2D eigenvalue weighted by Crippen LogP contribution is -2.44. The summed E-state index contributed by atoms with van der Waals surface area (Å²) in [6.07, 6.45) is 7.25. The van der Waals surface area contributed by atoms with Gasteiger partial charge in [-0.2, -0.15) is 0 Å². The van der Waals surface area contributed by atoms with E-state index in [4.69, 9.17) is 0 Å². The van der Waals surface area contributed by atoms with Crippen molar-refractivity contribution in [2.24, 2.45) is 11.8 Å². The summed E-state index contributed by atoms with van der Waals surface area (Å²) in [6, 6.07) is 8.06. The smallest absolute Gasteiger partial charge is 0.227 e. The maximum absolute atomic E-state index is 12.8. The predicted octanol–water partition coefficient (Wildman–Crippen LogP) is 4.74. The number of anilines is 1. The van der Waals surface area contributed by atoms with Crippen LogP contribution in [0.2, 0.25) is 0 Å². The Bertz CT molecular complexity index is 663. The molecule has 0 aromatic heterocycles. The topological polar surface area (TPSA) is 49.4 Å². The molecule has 1 aromatic carbocycles. The number of benzene rings is 1. The average Bonchev–Trinajstić information content (AvgIpc) is 2.68. The van der Waals surface area contributed by atoms with Gasteiger partial charge in [-0.25, -0.2) is 0 Å². The van der Waals surface area contributed by atoms with E-state index in [0.29, 0.717) is 19.0 Å². The maximum atomic E-state index is 12.8. The molecule has 1 heterocycles. The van der Waals surface area contributed by atoms with Crippen LogP contribution >= 0.6 is 0 Å². The standard InChI is InChI=1S/C23H34N2O2/c1-23(2,3)19-11-7-8-12-20(19)24-21(26)17-13-15-25(16-14-17)22(27)18-9-5-4-6-10-18/h7-8,11-12,17-18H,4-6,9-10,13-16H2,1-3H3,(H,24,26). The number of nitrogens with zero attached hydrogens (tertiary/aromatic N) is 1. The van der Waals surface area contributed by atoms with E-state index in [9.17, 15) is 9.59 Å². The number of carbonyl (C=O) groups excluding carboxylic acids is 2. The Hall–Kier alpha value is -1.84. The number of para-hydroxylation sites is 1. The second-order valence-electron chi connectivity index (χ2n) is 9.22. The first-order valence-corrected chi connectivity index (χ1v) is 10.6. The highest BCUT2D eigenvalue weighted by Crippen LogP contribution is 2.31. The molecule has 1 aliphatic carbocycles. The van der Waals surface area contributed by atoms with E-state index in [1.54, 1.807) is 0 Å². The van der Waals surface area contributed by atoms with Gasteiger partial charge in [-0.1, -0.05) is 58.2 Å². The molecule has 0 bridgehead atoms. The molecular weight excluding hydrogens is 336 g/mol. The van der Waals surface area contributed by atoms with E-state index in [1.165, 1.54) is 19.3 Å². The van der Waals surface area contributed by atoms with Gasteiger partial charge in [0, 0.05) is 30.6 Å². The van der Waals surface area contributed by atoms with E-state index < -0.39 is 0 Å². The van der Waals surface area contributed by atoms with Crippen molar-refractivity contribution < 1.29 is 9.59 Å². The van der Waals surface area contributed by atoms with Crippen molar-refractivity contribution in [3.05, 3.63) is 29.8 Å². The number of amides is 2. The molecule has 1 N–H and O–H groups in total. The Morgan fingerprint density at radius 1 is 0.926 bits per heavy atom. The van der Waals surface area contributed by atoms with Crippen molar-refractivity contribution in [3.63, 3.8) is 0 Å². The summed E-state index contributed by atoms with van der Waals surface area (Å²) in [5.74, 6) is 0.638. The number of hydrogen-bond acceptors (Lipinski definition) is 2. The summed E-state index contributed by atoms with van der Waals surface area (Å²) in [7, 11) is 0. The van der Waals surface area contributed by atoms with Crippen molar-refractivity contribution in [3.8, 4) is 0 Å². The molecule has 0 spiro atoms. The second-order valence-corrected chi connectivity index (χ2v) is 9.22. The quantitative estimate of drug-likeness (QED) is 0.835. The fraction of sp³-hybridized carbons (Fsp3) is 0.652. The molecule has 1 saturated heterocycles. The van der Waals surface area contributed by atoms with Crippen molar-refractivity contribution >= 4 is 17.5 Å². The largest absolute Gasteiger partial charge is 0.342 e. The Morgan fingerprint density at radius 2 is 1.56 bits per heavy atom. The van der Waals surface area contributed by atoms with Crippen LogP contribution in [0.15, 0.2) is 24.3 Å². The number of carbonyl (C=O) groups is 2. The summed E-state index contributed by atoms with van der Waals surface area (Å²) in [6.45, 7) is 7.91. The van der Waals surface area contributed by atoms with Gasteiger partial charge in [0.15, 0.2) is 0 Å². The third-order valence-electron chi connectivity index (χ3n) is 6.12. The van der Waals surface area contributed by atoms with Gasteiger partial charge in [0.1, 0.15) is 0 Å². The second kappa shape index (κ2) is 8.45. The molecule has 2 amide bonds. The summed E-state index contributed by atoms with van der Waals surface area (Å²) < 4.78 is 0. The van der Waals surface area contributed by atoms with Gasteiger partial charge in [0.2, 0.25) is 11.8 Å². The van der Waals surface area contributed by atoms with Crippen LogP contribution in [0.3, 0.4) is 0 Å². The Morgan fingerprint density at radius 3 is 2.19 bits per heavy atom. The first kappa shape index (κ1) is 19.9. The average molecular weight is 371 g/mol. The molecule has 2 aliphatic rings. The highest BCUT2D eigenvalue weighted by atomic mass is 16.2. The van der Waals surface area contributed by atoms with Crippen molar-refractivity contribution in [1.29, 1.82) is 0 Å². The van der Waals surface area contributed by atoms with Gasteiger partial charge in [0.05, 0.1) is 0 Å². The SMILES string of the molecule is CC(C)(C)c1ccccc1NC(=O)C1CCN(C(=O)C2CCCCC2)CC1. The van der Waals surface area contributed by atoms with Gasteiger partial charge >= 0.3 is 0 Å². The Kier molecular flexibility index (Phi) is 6.23. The van der Waals surface area contributed by atoms with Gasteiger partial charge in [-0.3, -0.25) is 9.59 Å². The third-order valence-corrected chi connectivity index (χ3v) is 6.12. The van der Waals surface area contributed by atoms with Crippen LogP contribution in [0.5, 0.6) is 0 Å². The fourth-order valence-electron chi connectivity index (χ4n) is 4.45. The molecule has 3 rings (SSSR count). The third kappa shape index (κ3) is 4.91.